The number of rotatable bonds is 6. The van der Waals surface area contributed by atoms with Crippen LogP contribution < -0.4 is 0 Å². The van der Waals surface area contributed by atoms with E-state index in [-0.39, 0.29) is 17.9 Å². The van der Waals surface area contributed by atoms with Gasteiger partial charge in [-0.05, 0) is 56.2 Å². The highest BCUT2D eigenvalue weighted by Crippen LogP contribution is 2.29. The number of thiophene rings is 1. The molecule has 0 aliphatic heterocycles. The van der Waals surface area contributed by atoms with Gasteiger partial charge in [-0.25, -0.2) is 4.79 Å². The van der Waals surface area contributed by atoms with Crippen LogP contribution in [-0.2, 0) is 11.3 Å². The second-order valence-corrected chi connectivity index (χ2v) is 8.10. The first kappa shape index (κ1) is 19.7. The van der Waals surface area contributed by atoms with Gasteiger partial charge in [0.2, 0.25) is 0 Å². The molecule has 27 heavy (non-hydrogen) atoms. The second kappa shape index (κ2) is 8.74. The van der Waals surface area contributed by atoms with Crippen LogP contribution in [0.2, 0.25) is 0 Å². The summed E-state index contributed by atoms with van der Waals surface area (Å²) in [5.41, 5.74) is 3.33. The van der Waals surface area contributed by atoms with Gasteiger partial charge in [-0.2, -0.15) is 0 Å². The summed E-state index contributed by atoms with van der Waals surface area (Å²) in [6.07, 6.45) is 5.66. The van der Waals surface area contributed by atoms with E-state index < -0.39 is 0 Å². The Morgan fingerprint density at radius 1 is 1.26 bits per heavy atom. The van der Waals surface area contributed by atoms with Crippen molar-refractivity contribution in [2.75, 3.05) is 6.61 Å². The van der Waals surface area contributed by atoms with Gasteiger partial charge in [-0.15, -0.1) is 11.3 Å². The SMILES string of the molecule is CCOC(=O)c1[nH]c(C)c(CN(C(=O)c2cccs2)C2CCCCC2)c1C. The Kier molecular flexibility index (Phi) is 6.37. The van der Waals surface area contributed by atoms with Crippen molar-refractivity contribution in [3.63, 3.8) is 0 Å². The molecule has 5 nitrogen and oxygen atoms in total. The van der Waals surface area contributed by atoms with E-state index in [1.165, 1.54) is 17.8 Å². The number of H-pyrrole nitrogens is 1. The lowest BCUT2D eigenvalue weighted by molar-refractivity contribution is 0.0519. The van der Waals surface area contributed by atoms with Gasteiger partial charge < -0.3 is 14.6 Å². The second-order valence-electron chi connectivity index (χ2n) is 7.15. The minimum atomic E-state index is -0.335. The van der Waals surface area contributed by atoms with E-state index in [1.54, 1.807) is 6.92 Å². The Morgan fingerprint density at radius 2 is 2.00 bits per heavy atom. The van der Waals surface area contributed by atoms with Crippen LogP contribution in [0.1, 0.15) is 76.0 Å². The van der Waals surface area contributed by atoms with Gasteiger partial charge in [0, 0.05) is 18.3 Å². The third-order valence-electron chi connectivity index (χ3n) is 5.41. The number of carbonyl (C=O) groups excluding carboxylic acids is 2. The van der Waals surface area contributed by atoms with Crippen molar-refractivity contribution in [1.29, 1.82) is 0 Å². The van der Waals surface area contributed by atoms with E-state index >= 15 is 0 Å². The maximum Gasteiger partial charge on any atom is 0.355 e. The lowest BCUT2D eigenvalue weighted by atomic mass is 9.93. The molecule has 1 N–H and O–H groups in total. The molecule has 1 fully saturated rings. The number of ether oxygens (including phenoxy) is 1. The normalized spacial score (nSPS) is 14.9. The third kappa shape index (κ3) is 4.26. The molecule has 3 rings (SSSR count). The number of hydrogen-bond donors (Lipinski definition) is 1. The zero-order chi connectivity index (χ0) is 19.4. The van der Waals surface area contributed by atoms with E-state index in [1.807, 2.05) is 36.3 Å². The standard InChI is InChI=1S/C21H28N2O3S/c1-4-26-21(25)19-14(2)17(15(3)22-19)13-23(16-9-6-5-7-10-16)20(24)18-11-8-12-27-18/h8,11-12,16,22H,4-7,9-10,13H2,1-3H3. The summed E-state index contributed by atoms with van der Waals surface area (Å²) >= 11 is 1.49. The van der Waals surface area contributed by atoms with Crippen LogP contribution >= 0.6 is 11.3 Å². The molecule has 2 heterocycles. The van der Waals surface area contributed by atoms with Crippen molar-refractivity contribution in [2.45, 2.75) is 65.5 Å². The Morgan fingerprint density at radius 3 is 2.63 bits per heavy atom. The fourth-order valence-electron chi connectivity index (χ4n) is 3.90. The number of esters is 1. The average Bonchev–Trinajstić information content (AvgIpc) is 3.30. The zero-order valence-electron chi connectivity index (χ0n) is 16.3. The molecule has 1 aliphatic rings. The summed E-state index contributed by atoms with van der Waals surface area (Å²) in [5.74, 6) is -0.243. The maximum absolute atomic E-state index is 13.2. The van der Waals surface area contributed by atoms with Crippen molar-refractivity contribution in [1.82, 2.24) is 9.88 Å². The fourth-order valence-corrected chi connectivity index (χ4v) is 4.58. The highest BCUT2D eigenvalue weighted by molar-refractivity contribution is 7.12. The molecule has 0 bridgehead atoms. The first-order chi connectivity index (χ1) is 13.0. The highest BCUT2D eigenvalue weighted by Gasteiger charge is 2.29. The summed E-state index contributed by atoms with van der Waals surface area (Å²) in [6, 6.07) is 4.07. The summed E-state index contributed by atoms with van der Waals surface area (Å²) in [4.78, 5) is 31.4. The van der Waals surface area contributed by atoms with Crippen LogP contribution in [0.25, 0.3) is 0 Å². The Labute approximate surface area is 164 Å². The zero-order valence-corrected chi connectivity index (χ0v) is 17.2. The van der Waals surface area contributed by atoms with Gasteiger partial charge >= 0.3 is 5.97 Å². The molecule has 1 saturated carbocycles. The van der Waals surface area contributed by atoms with E-state index in [4.69, 9.17) is 4.74 Å². The van der Waals surface area contributed by atoms with E-state index in [9.17, 15) is 9.59 Å². The molecule has 0 radical (unpaired) electrons. The Balaban J connectivity index is 1.90. The minimum Gasteiger partial charge on any atom is -0.461 e. The number of amides is 1. The van der Waals surface area contributed by atoms with E-state index in [0.717, 1.165) is 47.4 Å². The maximum atomic E-state index is 13.2. The lowest BCUT2D eigenvalue weighted by Gasteiger charge is -2.34. The molecule has 1 amide bonds. The van der Waals surface area contributed by atoms with Crippen molar-refractivity contribution in [3.8, 4) is 0 Å². The van der Waals surface area contributed by atoms with Gasteiger partial charge in [-0.3, -0.25) is 4.79 Å². The average molecular weight is 389 g/mol. The van der Waals surface area contributed by atoms with E-state index in [0.29, 0.717) is 18.8 Å². The predicted molar refractivity (Wildman–Crippen MR) is 107 cm³/mol. The van der Waals surface area contributed by atoms with Gasteiger partial charge in [0.1, 0.15) is 5.69 Å². The monoisotopic (exact) mass is 388 g/mol. The molecule has 2 aromatic rings. The van der Waals surface area contributed by atoms with Gasteiger partial charge in [0.15, 0.2) is 0 Å². The van der Waals surface area contributed by atoms with Crippen molar-refractivity contribution < 1.29 is 14.3 Å². The number of hydrogen-bond acceptors (Lipinski definition) is 4. The topological polar surface area (TPSA) is 62.4 Å². The number of nitrogens with zero attached hydrogens (tertiary/aromatic N) is 1. The summed E-state index contributed by atoms with van der Waals surface area (Å²) in [5, 5.41) is 1.94. The molecule has 0 saturated heterocycles. The highest BCUT2D eigenvalue weighted by atomic mass is 32.1. The number of aryl methyl sites for hydroxylation is 1. The Bertz CT molecular complexity index is 789. The number of carbonyl (C=O) groups is 2. The number of aromatic amines is 1. The van der Waals surface area contributed by atoms with Crippen molar-refractivity contribution in [3.05, 3.63) is 44.9 Å². The quantitative estimate of drug-likeness (QED) is 0.720. The largest absolute Gasteiger partial charge is 0.461 e. The molecule has 0 atom stereocenters. The van der Waals surface area contributed by atoms with Crippen LogP contribution in [0, 0.1) is 13.8 Å². The molecule has 6 heteroatoms. The first-order valence-corrected chi connectivity index (χ1v) is 10.6. The molecule has 0 aromatic carbocycles. The fraction of sp³-hybridized carbons (Fsp3) is 0.524. The molecule has 0 unspecified atom stereocenters. The molecule has 0 spiro atoms. The van der Waals surface area contributed by atoms with Crippen LogP contribution in [0.3, 0.4) is 0 Å². The van der Waals surface area contributed by atoms with Crippen molar-refractivity contribution in [2.24, 2.45) is 0 Å². The van der Waals surface area contributed by atoms with Crippen LogP contribution in [0.4, 0.5) is 0 Å². The van der Waals surface area contributed by atoms with Crippen LogP contribution in [-0.4, -0.2) is 34.4 Å². The predicted octanol–water partition coefficient (Wildman–Crippen LogP) is 4.84. The van der Waals surface area contributed by atoms with Crippen molar-refractivity contribution >= 4 is 23.2 Å². The minimum absolute atomic E-state index is 0.0922. The number of aromatic nitrogens is 1. The summed E-state index contributed by atoms with van der Waals surface area (Å²) < 4.78 is 5.16. The lowest BCUT2D eigenvalue weighted by Crippen LogP contribution is -2.40. The van der Waals surface area contributed by atoms with E-state index in [2.05, 4.69) is 4.98 Å². The van der Waals surface area contributed by atoms with Gasteiger partial charge in [0.05, 0.1) is 11.5 Å². The van der Waals surface area contributed by atoms with Gasteiger partial charge in [-0.1, -0.05) is 25.3 Å². The summed E-state index contributed by atoms with van der Waals surface area (Å²) in [7, 11) is 0. The van der Waals surface area contributed by atoms with Crippen LogP contribution in [0.5, 0.6) is 0 Å². The third-order valence-corrected chi connectivity index (χ3v) is 6.27. The molecule has 146 valence electrons. The van der Waals surface area contributed by atoms with Gasteiger partial charge in [0.25, 0.3) is 5.91 Å². The molecular weight excluding hydrogens is 360 g/mol. The molecule has 2 aromatic heterocycles. The summed E-state index contributed by atoms with van der Waals surface area (Å²) in [6.45, 7) is 6.56. The molecular formula is C21H28N2O3S. The first-order valence-electron chi connectivity index (χ1n) is 9.72. The van der Waals surface area contributed by atoms with Crippen LogP contribution in [0.15, 0.2) is 17.5 Å². The smallest absolute Gasteiger partial charge is 0.355 e. The molecule has 1 aliphatic carbocycles. The number of nitrogens with one attached hydrogen (secondary N) is 1. The Hall–Kier alpha value is -2.08.